The molecule has 0 aromatic carbocycles. The van der Waals surface area contributed by atoms with E-state index in [2.05, 4.69) is 14.8 Å². The molecule has 0 aromatic rings. The molecule has 0 saturated carbocycles. The fourth-order valence-corrected chi connectivity index (χ4v) is 1.86. The number of ether oxygens (including phenoxy) is 2. The van der Waals surface area contributed by atoms with E-state index in [0.717, 1.165) is 14.0 Å². The molecule has 0 spiro atoms. The second-order valence-corrected chi connectivity index (χ2v) is 6.43. The number of carbonyl (C=O) groups excluding carboxylic acids is 3. The van der Waals surface area contributed by atoms with Crippen molar-refractivity contribution in [3.63, 3.8) is 0 Å². The van der Waals surface area contributed by atoms with E-state index in [4.69, 9.17) is 0 Å². The molecule has 0 radical (unpaired) electrons. The fraction of sp³-hybridized carbons (Fsp3) is 0.800. The van der Waals surface area contributed by atoms with Crippen LogP contribution in [0.4, 0.5) is 35.5 Å². The zero-order chi connectivity index (χ0) is 23.2. The van der Waals surface area contributed by atoms with E-state index < -0.39 is 54.7 Å². The number of rotatable bonds is 9. The van der Waals surface area contributed by atoms with Crippen molar-refractivity contribution in [2.45, 2.75) is 57.3 Å². The lowest BCUT2D eigenvalue weighted by Gasteiger charge is -2.28. The maximum atomic E-state index is 13.1. The van der Waals surface area contributed by atoms with Crippen LogP contribution in [0.2, 0.25) is 0 Å². The largest absolute Gasteiger partial charge is 0.460 e. The van der Waals surface area contributed by atoms with Gasteiger partial charge in [0.25, 0.3) is 0 Å². The van der Waals surface area contributed by atoms with E-state index in [9.17, 15) is 45.1 Å². The quantitative estimate of drug-likeness (QED) is 0.423. The van der Waals surface area contributed by atoms with Gasteiger partial charge in [-0.15, -0.1) is 0 Å². The molecule has 0 heterocycles. The number of hydrogen-bond donors (Lipinski definition) is 2. The third-order valence-electron chi connectivity index (χ3n) is 3.42. The summed E-state index contributed by atoms with van der Waals surface area (Å²) in [6, 6.07) is -2.89. The number of amides is 2. The topological polar surface area (TPSA) is 93.7 Å². The van der Waals surface area contributed by atoms with Gasteiger partial charge in [0.1, 0.15) is 12.1 Å². The minimum atomic E-state index is -6.56. The smallest absolute Gasteiger partial charge is 0.457 e. The van der Waals surface area contributed by atoms with Gasteiger partial charge in [-0.25, -0.2) is 9.59 Å². The number of halogens is 7. The van der Waals surface area contributed by atoms with Crippen LogP contribution in [0.3, 0.4) is 0 Å². The van der Waals surface area contributed by atoms with Crippen molar-refractivity contribution in [1.82, 2.24) is 10.6 Å². The van der Waals surface area contributed by atoms with Gasteiger partial charge < -0.3 is 20.1 Å². The first kappa shape index (κ1) is 26.7. The highest BCUT2D eigenvalue weighted by atomic mass is 19.4. The highest BCUT2D eigenvalue weighted by Crippen LogP contribution is 2.46. The van der Waals surface area contributed by atoms with Crippen LogP contribution in [0.5, 0.6) is 0 Å². The molecule has 2 unspecified atom stereocenters. The Morgan fingerprint density at radius 3 is 1.86 bits per heavy atom. The van der Waals surface area contributed by atoms with Crippen molar-refractivity contribution in [3.05, 3.63) is 0 Å². The first-order chi connectivity index (χ1) is 13.0. The van der Waals surface area contributed by atoms with Gasteiger partial charge >= 0.3 is 30.1 Å². The highest BCUT2D eigenvalue weighted by Gasteiger charge is 2.73. The molecule has 2 atom stereocenters. The Morgan fingerprint density at radius 1 is 0.931 bits per heavy atom. The summed E-state index contributed by atoms with van der Waals surface area (Å²) < 4.78 is 96.1. The number of alkyl halides is 7. The summed E-state index contributed by atoms with van der Waals surface area (Å²) in [5.41, 5.74) is 0. The summed E-state index contributed by atoms with van der Waals surface area (Å²) in [5, 5.41) is 4.15. The average molecular weight is 442 g/mol. The summed E-state index contributed by atoms with van der Waals surface area (Å²) in [6.45, 7) is 1.75. The minimum Gasteiger partial charge on any atom is -0.457 e. The molecule has 0 fully saturated rings. The van der Waals surface area contributed by atoms with Crippen molar-refractivity contribution in [1.29, 1.82) is 0 Å². The van der Waals surface area contributed by atoms with Crippen LogP contribution in [0.25, 0.3) is 0 Å². The number of nitrogens with one attached hydrogen (secondary N) is 2. The van der Waals surface area contributed by atoms with E-state index in [1.165, 1.54) is 0 Å². The third-order valence-corrected chi connectivity index (χ3v) is 3.42. The number of methoxy groups -OCH3 is 1. The van der Waals surface area contributed by atoms with Crippen molar-refractivity contribution >= 4 is 18.0 Å². The summed E-state index contributed by atoms with van der Waals surface area (Å²) in [4.78, 5) is 35.0. The van der Waals surface area contributed by atoms with Crippen molar-refractivity contribution in [3.8, 4) is 0 Å². The van der Waals surface area contributed by atoms with Crippen molar-refractivity contribution < 1.29 is 54.6 Å². The molecule has 7 nitrogen and oxygen atoms in total. The van der Waals surface area contributed by atoms with Crippen LogP contribution < -0.4 is 10.6 Å². The molecule has 0 rings (SSSR count). The standard InChI is InChI=1S/C15H21F7N2O5/c1-7(2)5-9(24-12(27)28-4)10(25)23-8(3)11(26)29-6-13(16,17)14(18,19)15(20,21)22/h7-9H,5-6H2,1-4H3,(H,23,25)(H,24,27). The minimum absolute atomic E-state index is 0.0819. The van der Waals surface area contributed by atoms with Crippen LogP contribution in [0.15, 0.2) is 0 Å². The molecule has 0 aliphatic carbocycles. The Bertz CT molecular complexity index is 596. The van der Waals surface area contributed by atoms with Crippen molar-refractivity contribution in [2.24, 2.45) is 5.92 Å². The van der Waals surface area contributed by atoms with Crippen LogP contribution in [0, 0.1) is 5.92 Å². The van der Waals surface area contributed by atoms with Gasteiger partial charge in [-0.3, -0.25) is 4.79 Å². The Kier molecular flexibility index (Phi) is 9.18. The van der Waals surface area contributed by atoms with Crippen molar-refractivity contribution in [2.75, 3.05) is 13.7 Å². The lowest BCUT2D eigenvalue weighted by Crippen LogP contribution is -2.55. The van der Waals surface area contributed by atoms with Crippen LogP contribution in [-0.2, 0) is 19.1 Å². The lowest BCUT2D eigenvalue weighted by atomic mass is 10.0. The van der Waals surface area contributed by atoms with Gasteiger partial charge in [-0.1, -0.05) is 13.8 Å². The molecule has 2 N–H and O–H groups in total. The number of alkyl carbamates (subject to hydrolysis) is 1. The molecular formula is C15H21F7N2O5. The first-order valence-corrected chi connectivity index (χ1v) is 8.10. The molecular weight excluding hydrogens is 421 g/mol. The third kappa shape index (κ3) is 7.57. The molecule has 14 heteroatoms. The second kappa shape index (κ2) is 9.96. The number of carbonyl (C=O) groups is 3. The normalized spacial score (nSPS) is 14.8. The molecule has 2 amide bonds. The molecule has 0 aliphatic rings. The monoisotopic (exact) mass is 442 g/mol. The van der Waals surface area contributed by atoms with E-state index in [-0.39, 0.29) is 12.3 Å². The Morgan fingerprint density at radius 2 is 1.45 bits per heavy atom. The van der Waals surface area contributed by atoms with Gasteiger partial charge in [0.15, 0.2) is 6.61 Å². The van der Waals surface area contributed by atoms with E-state index in [1.54, 1.807) is 13.8 Å². The van der Waals surface area contributed by atoms with E-state index in [0.29, 0.717) is 0 Å². The van der Waals surface area contributed by atoms with Gasteiger partial charge in [-0.2, -0.15) is 30.7 Å². The van der Waals surface area contributed by atoms with Crippen LogP contribution >= 0.6 is 0 Å². The molecule has 170 valence electrons. The van der Waals surface area contributed by atoms with Gasteiger partial charge in [0.05, 0.1) is 7.11 Å². The molecule has 29 heavy (non-hydrogen) atoms. The number of esters is 1. The first-order valence-electron chi connectivity index (χ1n) is 8.10. The maximum absolute atomic E-state index is 13.1. The second-order valence-electron chi connectivity index (χ2n) is 6.43. The summed E-state index contributed by atoms with van der Waals surface area (Å²) in [7, 11) is 1.02. The SMILES string of the molecule is COC(=O)NC(CC(C)C)C(=O)NC(C)C(=O)OCC(F)(F)C(F)(F)C(F)(F)F. The maximum Gasteiger partial charge on any atom is 0.460 e. The zero-order valence-corrected chi connectivity index (χ0v) is 15.8. The van der Waals surface area contributed by atoms with E-state index in [1.807, 2.05) is 5.32 Å². The summed E-state index contributed by atoms with van der Waals surface area (Å²) in [6.07, 6.45) is -7.46. The van der Waals surface area contributed by atoms with Gasteiger partial charge in [0, 0.05) is 0 Å². The Balaban J connectivity index is 4.99. The molecule has 0 aliphatic heterocycles. The zero-order valence-electron chi connectivity index (χ0n) is 15.8. The Hall–Kier alpha value is -2.28. The summed E-state index contributed by atoms with van der Waals surface area (Å²) in [5.74, 6) is -14.9. The predicted molar refractivity (Wildman–Crippen MR) is 83.3 cm³/mol. The molecule has 0 bridgehead atoms. The van der Waals surface area contributed by atoms with Gasteiger partial charge in [-0.05, 0) is 19.3 Å². The van der Waals surface area contributed by atoms with E-state index >= 15 is 0 Å². The Labute approximate surface area is 161 Å². The number of hydrogen-bond acceptors (Lipinski definition) is 5. The average Bonchev–Trinajstić information content (AvgIpc) is 2.57. The van der Waals surface area contributed by atoms with Gasteiger partial charge in [0.2, 0.25) is 5.91 Å². The summed E-state index contributed by atoms with van der Waals surface area (Å²) >= 11 is 0. The van der Waals surface area contributed by atoms with Crippen LogP contribution in [-0.4, -0.2) is 61.8 Å². The molecule has 0 saturated heterocycles. The molecule has 0 aromatic heterocycles. The predicted octanol–water partition coefficient (Wildman–Crippen LogP) is 2.64. The fourth-order valence-electron chi connectivity index (χ4n) is 1.86. The van der Waals surface area contributed by atoms with Crippen LogP contribution in [0.1, 0.15) is 27.2 Å². The highest BCUT2D eigenvalue weighted by molar-refractivity contribution is 5.89. The lowest BCUT2D eigenvalue weighted by molar-refractivity contribution is -0.359.